The third-order valence-electron chi connectivity index (χ3n) is 3.20. The highest BCUT2D eigenvalue weighted by Crippen LogP contribution is 2.24. The van der Waals surface area contributed by atoms with E-state index in [2.05, 4.69) is 25.9 Å². The summed E-state index contributed by atoms with van der Waals surface area (Å²) in [5, 5.41) is 28.3. The lowest BCUT2D eigenvalue weighted by atomic mass is 9.93. The van der Waals surface area contributed by atoms with Crippen LogP contribution < -0.4 is 5.32 Å². The molecule has 0 fully saturated rings. The van der Waals surface area contributed by atoms with E-state index in [1.165, 1.54) is 4.63 Å². The standard InChI is InChI=1S/C13H14N6O/c1-13(9-20,10-5-3-2-4-6-10)14-11-7-8-12-15-17-18-19(12)16-11/h2-8,20H,9H2,1H3,(H,14,16). The largest absolute Gasteiger partial charge is 0.394 e. The van der Waals surface area contributed by atoms with E-state index in [1.54, 1.807) is 12.1 Å². The van der Waals surface area contributed by atoms with Crippen molar-refractivity contribution in [2.45, 2.75) is 12.5 Å². The fraction of sp³-hybridized carbons (Fsp3) is 0.231. The first kappa shape index (κ1) is 12.5. The monoisotopic (exact) mass is 270 g/mol. The van der Waals surface area contributed by atoms with E-state index in [-0.39, 0.29) is 6.61 Å². The van der Waals surface area contributed by atoms with Crippen molar-refractivity contribution >= 4 is 11.5 Å². The molecule has 0 aliphatic heterocycles. The third kappa shape index (κ3) is 2.19. The first-order valence-electron chi connectivity index (χ1n) is 6.21. The van der Waals surface area contributed by atoms with Gasteiger partial charge in [0.25, 0.3) is 0 Å². The summed E-state index contributed by atoms with van der Waals surface area (Å²) in [4.78, 5) is 0. The highest BCUT2D eigenvalue weighted by molar-refractivity contribution is 5.45. The summed E-state index contributed by atoms with van der Waals surface area (Å²) in [6.07, 6.45) is 0. The molecule has 3 aromatic rings. The molecule has 3 rings (SSSR count). The molecule has 2 N–H and O–H groups in total. The second kappa shape index (κ2) is 4.86. The Morgan fingerprint density at radius 1 is 1.20 bits per heavy atom. The van der Waals surface area contributed by atoms with E-state index in [9.17, 15) is 5.11 Å². The lowest BCUT2D eigenvalue weighted by Gasteiger charge is -2.29. The number of hydrogen-bond acceptors (Lipinski definition) is 6. The van der Waals surface area contributed by atoms with Crippen LogP contribution in [0.15, 0.2) is 42.5 Å². The van der Waals surface area contributed by atoms with Gasteiger partial charge in [0.1, 0.15) is 5.82 Å². The molecule has 2 heterocycles. The average Bonchev–Trinajstić information content (AvgIpc) is 2.95. The number of tetrazole rings is 1. The van der Waals surface area contributed by atoms with Crippen molar-refractivity contribution in [1.29, 1.82) is 0 Å². The van der Waals surface area contributed by atoms with Crippen molar-refractivity contribution in [3.8, 4) is 0 Å². The van der Waals surface area contributed by atoms with Gasteiger partial charge in [-0.25, -0.2) is 0 Å². The van der Waals surface area contributed by atoms with Crippen LogP contribution >= 0.6 is 0 Å². The average molecular weight is 270 g/mol. The molecule has 0 aliphatic rings. The Bertz CT molecular complexity index is 713. The molecule has 0 aliphatic carbocycles. The molecule has 0 bridgehead atoms. The van der Waals surface area contributed by atoms with Gasteiger partial charge in [-0.3, -0.25) is 0 Å². The Labute approximate surface area is 115 Å². The van der Waals surface area contributed by atoms with Gasteiger partial charge in [-0.05, 0) is 35.0 Å². The van der Waals surface area contributed by atoms with Gasteiger partial charge in [-0.1, -0.05) is 30.3 Å². The van der Waals surface area contributed by atoms with E-state index in [0.717, 1.165) is 5.56 Å². The van der Waals surface area contributed by atoms with Crippen molar-refractivity contribution in [1.82, 2.24) is 25.3 Å². The molecule has 0 saturated carbocycles. The zero-order valence-electron chi connectivity index (χ0n) is 10.9. The molecule has 102 valence electrons. The summed E-state index contributed by atoms with van der Waals surface area (Å²) in [6.45, 7) is 1.85. The molecule has 0 amide bonds. The maximum absolute atomic E-state index is 9.74. The van der Waals surface area contributed by atoms with Crippen LogP contribution in [-0.2, 0) is 5.54 Å². The van der Waals surface area contributed by atoms with Crippen LogP contribution in [0.4, 0.5) is 5.82 Å². The zero-order chi connectivity index (χ0) is 14.0. The van der Waals surface area contributed by atoms with Gasteiger partial charge in [0, 0.05) is 0 Å². The maximum atomic E-state index is 9.74. The van der Waals surface area contributed by atoms with Crippen LogP contribution in [0, 0.1) is 0 Å². The normalized spacial score (nSPS) is 14.1. The Hall–Kier alpha value is -2.54. The first-order valence-corrected chi connectivity index (χ1v) is 6.21. The van der Waals surface area contributed by atoms with Crippen molar-refractivity contribution in [2.75, 3.05) is 11.9 Å². The lowest BCUT2D eigenvalue weighted by Crippen LogP contribution is -2.36. The molecule has 1 aromatic carbocycles. The number of aliphatic hydroxyl groups is 1. The van der Waals surface area contributed by atoms with E-state index in [1.807, 2.05) is 37.3 Å². The van der Waals surface area contributed by atoms with Crippen LogP contribution in [-0.4, -0.2) is 37.0 Å². The van der Waals surface area contributed by atoms with Crippen LogP contribution in [0.2, 0.25) is 0 Å². The Balaban J connectivity index is 1.94. The van der Waals surface area contributed by atoms with Crippen molar-refractivity contribution in [3.05, 3.63) is 48.0 Å². The van der Waals surface area contributed by atoms with Crippen LogP contribution in [0.25, 0.3) is 5.65 Å². The molecule has 7 heteroatoms. The second-order valence-corrected chi connectivity index (χ2v) is 4.73. The number of nitrogens with one attached hydrogen (secondary N) is 1. The fourth-order valence-corrected chi connectivity index (χ4v) is 2.01. The molecule has 1 unspecified atom stereocenters. The Kier molecular flexibility index (Phi) is 3.03. The number of benzene rings is 1. The number of aliphatic hydroxyl groups excluding tert-OH is 1. The number of hydrogen-bond donors (Lipinski definition) is 2. The minimum absolute atomic E-state index is 0.0632. The van der Waals surface area contributed by atoms with Gasteiger partial charge in [0.2, 0.25) is 0 Å². The molecule has 20 heavy (non-hydrogen) atoms. The zero-order valence-corrected chi connectivity index (χ0v) is 10.9. The maximum Gasteiger partial charge on any atom is 0.200 e. The third-order valence-corrected chi connectivity index (χ3v) is 3.20. The predicted octanol–water partition coefficient (Wildman–Crippen LogP) is 0.839. The summed E-state index contributed by atoms with van der Waals surface area (Å²) in [7, 11) is 0. The minimum Gasteiger partial charge on any atom is -0.394 e. The topological polar surface area (TPSA) is 88.2 Å². The minimum atomic E-state index is -0.629. The number of fused-ring (bicyclic) bond motifs is 1. The number of nitrogens with zero attached hydrogens (tertiary/aromatic N) is 5. The van der Waals surface area contributed by atoms with Gasteiger partial charge in [0.15, 0.2) is 5.65 Å². The highest BCUT2D eigenvalue weighted by atomic mass is 16.3. The number of aromatic nitrogens is 5. The van der Waals surface area contributed by atoms with Gasteiger partial charge >= 0.3 is 0 Å². The SMILES string of the molecule is CC(CO)(Nc1ccc2nnnn2n1)c1ccccc1. The molecular formula is C13H14N6O. The molecule has 0 radical (unpaired) electrons. The molecule has 0 spiro atoms. The van der Waals surface area contributed by atoms with Gasteiger partial charge < -0.3 is 10.4 Å². The summed E-state index contributed by atoms with van der Waals surface area (Å²) < 4.78 is 1.34. The van der Waals surface area contributed by atoms with Crippen LogP contribution in [0.1, 0.15) is 12.5 Å². The molecule has 1 atom stereocenters. The van der Waals surface area contributed by atoms with E-state index in [4.69, 9.17) is 0 Å². The van der Waals surface area contributed by atoms with Crippen molar-refractivity contribution in [3.63, 3.8) is 0 Å². The van der Waals surface area contributed by atoms with Gasteiger partial charge in [-0.15, -0.1) is 14.8 Å². The summed E-state index contributed by atoms with van der Waals surface area (Å²) in [5.74, 6) is 0.588. The lowest BCUT2D eigenvalue weighted by molar-refractivity contribution is 0.223. The Morgan fingerprint density at radius 2 is 2.00 bits per heavy atom. The smallest absolute Gasteiger partial charge is 0.200 e. The molecule has 7 nitrogen and oxygen atoms in total. The Morgan fingerprint density at radius 3 is 2.75 bits per heavy atom. The van der Waals surface area contributed by atoms with Gasteiger partial charge in [0.05, 0.1) is 12.1 Å². The summed E-state index contributed by atoms with van der Waals surface area (Å²) >= 11 is 0. The first-order chi connectivity index (χ1) is 9.71. The summed E-state index contributed by atoms with van der Waals surface area (Å²) in [5.41, 5.74) is 0.915. The molecule has 2 aromatic heterocycles. The van der Waals surface area contributed by atoms with Crippen molar-refractivity contribution in [2.24, 2.45) is 0 Å². The fourth-order valence-electron chi connectivity index (χ4n) is 2.01. The number of rotatable bonds is 4. The van der Waals surface area contributed by atoms with E-state index in [0.29, 0.717) is 11.5 Å². The number of anilines is 1. The predicted molar refractivity (Wildman–Crippen MR) is 73.1 cm³/mol. The molecular weight excluding hydrogens is 256 g/mol. The van der Waals surface area contributed by atoms with E-state index < -0.39 is 5.54 Å². The highest BCUT2D eigenvalue weighted by Gasteiger charge is 2.26. The van der Waals surface area contributed by atoms with Crippen molar-refractivity contribution < 1.29 is 5.11 Å². The van der Waals surface area contributed by atoms with Gasteiger partial charge in [-0.2, -0.15) is 0 Å². The van der Waals surface area contributed by atoms with E-state index >= 15 is 0 Å². The van der Waals surface area contributed by atoms with Crippen LogP contribution in [0.3, 0.4) is 0 Å². The second-order valence-electron chi connectivity index (χ2n) is 4.73. The quantitative estimate of drug-likeness (QED) is 0.730. The summed E-state index contributed by atoms with van der Waals surface area (Å²) in [6, 6.07) is 13.3. The molecule has 0 saturated heterocycles. The van der Waals surface area contributed by atoms with Crippen LogP contribution in [0.5, 0.6) is 0 Å².